The van der Waals surface area contributed by atoms with E-state index in [0.717, 1.165) is 43.4 Å². The number of benzene rings is 2. The molecule has 0 aliphatic carbocycles. The summed E-state index contributed by atoms with van der Waals surface area (Å²) in [4.78, 5) is 5.00. The molecule has 5 heteroatoms. The summed E-state index contributed by atoms with van der Waals surface area (Å²) in [6, 6.07) is 12.1. The first-order chi connectivity index (χ1) is 13.1. The van der Waals surface area contributed by atoms with Gasteiger partial charge in [0.1, 0.15) is 17.4 Å². The van der Waals surface area contributed by atoms with Crippen molar-refractivity contribution >= 4 is 0 Å². The summed E-state index contributed by atoms with van der Waals surface area (Å²) in [5.41, 5.74) is 1.85. The van der Waals surface area contributed by atoms with Crippen molar-refractivity contribution in [2.45, 2.75) is 37.4 Å². The maximum atomic E-state index is 13.9. The zero-order valence-electron chi connectivity index (χ0n) is 15.2. The fourth-order valence-electron chi connectivity index (χ4n) is 5.69. The van der Waals surface area contributed by atoms with Gasteiger partial charge in [-0.25, -0.2) is 8.78 Å². The van der Waals surface area contributed by atoms with Crippen molar-refractivity contribution in [2.75, 3.05) is 19.6 Å². The first-order valence-electron chi connectivity index (χ1n) is 9.80. The predicted octanol–water partition coefficient (Wildman–Crippen LogP) is 3.73. The van der Waals surface area contributed by atoms with Gasteiger partial charge < -0.3 is 5.11 Å². The Bertz CT molecular complexity index is 830. The minimum absolute atomic E-state index is 0.112. The number of hydrogen-bond acceptors (Lipinski definition) is 3. The number of piperidine rings is 3. The van der Waals surface area contributed by atoms with Gasteiger partial charge in [-0.3, -0.25) is 9.80 Å². The third kappa shape index (κ3) is 3.03. The molecule has 6 rings (SSSR count). The highest BCUT2D eigenvalue weighted by atomic mass is 19.1. The number of halogens is 2. The van der Waals surface area contributed by atoms with Gasteiger partial charge in [0.25, 0.3) is 0 Å². The molecular weight excluding hydrogens is 346 g/mol. The second-order valence-corrected chi connectivity index (χ2v) is 8.26. The number of likely N-dealkylation sites (tertiary alicyclic amines) is 1. The molecule has 4 saturated heterocycles. The van der Waals surface area contributed by atoms with Crippen LogP contribution < -0.4 is 0 Å². The van der Waals surface area contributed by atoms with Crippen molar-refractivity contribution in [2.24, 2.45) is 5.92 Å². The van der Waals surface area contributed by atoms with Gasteiger partial charge in [-0.1, -0.05) is 12.1 Å². The van der Waals surface area contributed by atoms with Crippen LogP contribution in [0.3, 0.4) is 0 Å². The lowest BCUT2D eigenvalue weighted by Crippen LogP contribution is -2.59. The van der Waals surface area contributed by atoms with Crippen LogP contribution in [0.4, 0.5) is 8.78 Å². The van der Waals surface area contributed by atoms with Gasteiger partial charge in [-0.2, -0.15) is 0 Å². The molecule has 2 aromatic rings. The molecule has 142 valence electrons. The second-order valence-electron chi connectivity index (χ2n) is 8.26. The van der Waals surface area contributed by atoms with E-state index in [-0.39, 0.29) is 11.7 Å². The van der Waals surface area contributed by atoms with Crippen LogP contribution in [0.25, 0.3) is 0 Å². The highest BCUT2D eigenvalue weighted by Crippen LogP contribution is 2.47. The van der Waals surface area contributed by atoms with Gasteiger partial charge in [0.15, 0.2) is 0 Å². The SMILES string of the molecule is Oc1cccc(CN2C[C@@H](c3cc(F)cc(F)c3)[C@@H]3[C@H]2C2CCN3CC2)c1. The molecule has 4 aliphatic heterocycles. The van der Waals surface area contributed by atoms with Gasteiger partial charge in [0, 0.05) is 37.2 Å². The molecule has 0 spiro atoms. The Morgan fingerprint density at radius 3 is 2.41 bits per heavy atom. The quantitative estimate of drug-likeness (QED) is 0.892. The average molecular weight is 370 g/mol. The molecule has 0 amide bonds. The summed E-state index contributed by atoms with van der Waals surface area (Å²) >= 11 is 0. The van der Waals surface area contributed by atoms with Crippen molar-refractivity contribution in [1.29, 1.82) is 0 Å². The van der Waals surface area contributed by atoms with Crippen LogP contribution in [-0.4, -0.2) is 46.6 Å². The molecular formula is C22H24F2N2O. The maximum Gasteiger partial charge on any atom is 0.126 e. The van der Waals surface area contributed by atoms with Gasteiger partial charge >= 0.3 is 0 Å². The zero-order valence-corrected chi connectivity index (χ0v) is 15.2. The molecule has 4 heterocycles. The molecule has 4 fully saturated rings. The zero-order chi connectivity index (χ0) is 18.5. The van der Waals surface area contributed by atoms with Crippen molar-refractivity contribution < 1.29 is 13.9 Å². The fraction of sp³-hybridized carbons (Fsp3) is 0.455. The molecule has 3 nitrogen and oxygen atoms in total. The summed E-state index contributed by atoms with van der Waals surface area (Å²) in [6.45, 7) is 3.72. The smallest absolute Gasteiger partial charge is 0.126 e. The van der Waals surface area contributed by atoms with Crippen LogP contribution in [0.15, 0.2) is 42.5 Å². The lowest BCUT2D eigenvalue weighted by Gasteiger charge is -2.51. The van der Waals surface area contributed by atoms with E-state index in [1.807, 2.05) is 18.2 Å². The maximum absolute atomic E-state index is 13.9. The van der Waals surface area contributed by atoms with E-state index in [2.05, 4.69) is 9.80 Å². The Hall–Kier alpha value is -1.98. The number of phenols is 1. The number of phenolic OH excluding ortho intramolecular Hbond substituents is 1. The van der Waals surface area contributed by atoms with Gasteiger partial charge in [0.2, 0.25) is 0 Å². The molecule has 27 heavy (non-hydrogen) atoms. The van der Waals surface area contributed by atoms with Crippen LogP contribution in [0.5, 0.6) is 5.75 Å². The van der Waals surface area contributed by atoms with Crippen molar-refractivity contribution in [3.63, 3.8) is 0 Å². The third-order valence-electron chi connectivity index (χ3n) is 6.70. The van der Waals surface area contributed by atoms with Crippen LogP contribution in [0, 0.1) is 17.6 Å². The highest BCUT2D eigenvalue weighted by molar-refractivity contribution is 5.30. The number of hydrogen-bond donors (Lipinski definition) is 1. The van der Waals surface area contributed by atoms with Crippen LogP contribution in [0.1, 0.15) is 29.9 Å². The Morgan fingerprint density at radius 2 is 1.70 bits per heavy atom. The molecule has 2 aromatic carbocycles. The van der Waals surface area contributed by atoms with E-state index < -0.39 is 11.6 Å². The van der Waals surface area contributed by atoms with E-state index in [1.54, 1.807) is 6.07 Å². The molecule has 0 saturated carbocycles. The summed E-state index contributed by atoms with van der Waals surface area (Å²) in [6.07, 6.45) is 2.39. The molecule has 0 aromatic heterocycles. The minimum Gasteiger partial charge on any atom is -0.508 e. The molecule has 3 atom stereocenters. The third-order valence-corrected chi connectivity index (χ3v) is 6.70. The van der Waals surface area contributed by atoms with Gasteiger partial charge in [0.05, 0.1) is 0 Å². The number of fused-ring (bicyclic) bond motifs is 2. The first-order valence-corrected chi connectivity index (χ1v) is 9.80. The minimum atomic E-state index is -0.496. The summed E-state index contributed by atoms with van der Waals surface area (Å²) in [7, 11) is 0. The van der Waals surface area contributed by atoms with E-state index in [9.17, 15) is 13.9 Å². The number of aromatic hydroxyl groups is 1. The monoisotopic (exact) mass is 370 g/mol. The number of nitrogens with zero attached hydrogens (tertiary/aromatic N) is 2. The normalized spacial score (nSPS) is 32.6. The molecule has 0 radical (unpaired) electrons. The van der Waals surface area contributed by atoms with Crippen LogP contribution in [0.2, 0.25) is 0 Å². The average Bonchev–Trinajstić information content (AvgIpc) is 3.04. The predicted molar refractivity (Wildman–Crippen MR) is 99.5 cm³/mol. The van der Waals surface area contributed by atoms with E-state index in [4.69, 9.17) is 0 Å². The standard InChI is InChI=1S/C22H24F2N2O/c23-17-9-16(10-18(24)11-17)20-13-26(12-14-2-1-3-19(27)8-14)21-15-4-6-25(7-5-15)22(20)21/h1-3,8-11,15,20-22,27H,4-7,12-13H2/t20-,21+,22+/m0/s1. The lowest BCUT2D eigenvalue weighted by atomic mass is 9.75. The van der Waals surface area contributed by atoms with Crippen LogP contribution >= 0.6 is 0 Å². The highest BCUT2D eigenvalue weighted by Gasteiger charge is 2.53. The van der Waals surface area contributed by atoms with Gasteiger partial charge in [-0.15, -0.1) is 0 Å². The second kappa shape index (κ2) is 6.57. The molecule has 0 unspecified atom stereocenters. The summed E-state index contributed by atoms with van der Waals surface area (Å²) in [5.74, 6) is 0.0372. The Balaban J connectivity index is 1.49. The number of rotatable bonds is 3. The molecule has 4 aliphatic rings. The Labute approximate surface area is 158 Å². The Kier molecular flexibility index (Phi) is 4.17. The van der Waals surface area contributed by atoms with Crippen molar-refractivity contribution in [3.8, 4) is 5.75 Å². The van der Waals surface area contributed by atoms with Crippen LogP contribution in [-0.2, 0) is 6.54 Å². The fourth-order valence-corrected chi connectivity index (χ4v) is 5.69. The summed E-state index contributed by atoms with van der Waals surface area (Å²) in [5, 5.41) is 9.81. The van der Waals surface area contributed by atoms with Gasteiger partial charge in [-0.05, 0) is 67.2 Å². The molecule has 1 N–H and O–H groups in total. The van der Waals surface area contributed by atoms with Crippen molar-refractivity contribution in [3.05, 3.63) is 65.2 Å². The largest absolute Gasteiger partial charge is 0.508 e. The first kappa shape index (κ1) is 17.1. The van der Waals surface area contributed by atoms with E-state index in [1.165, 1.54) is 25.0 Å². The summed E-state index contributed by atoms with van der Waals surface area (Å²) < 4.78 is 27.8. The Morgan fingerprint density at radius 1 is 0.963 bits per heavy atom. The van der Waals surface area contributed by atoms with E-state index in [0.29, 0.717) is 18.0 Å². The topological polar surface area (TPSA) is 26.7 Å². The lowest BCUT2D eigenvalue weighted by molar-refractivity contribution is -0.00872. The van der Waals surface area contributed by atoms with E-state index >= 15 is 0 Å². The van der Waals surface area contributed by atoms with Crippen molar-refractivity contribution in [1.82, 2.24) is 9.80 Å². The molecule has 2 bridgehead atoms.